The van der Waals surface area contributed by atoms with Crippen LogP contribution in [0, 0.1) is 5.82 Å². The highest BCUT2D eigenvalue weighted by molar-refractivity contribution is 9.10. The molecule has 1 aromatic carbocycles. The average molecular weight is 419 g/mol. The van der Waals surface area contributed by atoms with Gasteiger partial charge in [0, 0.05) is 16.6 Å². The van der Waals surface area contributed by atoms with Crippen molar-refractivity contribution in [2.24, 2.45) is 0 Å². The molecular formula is C15H18Br2FN3. The van der Waals surface area contributed by atoms with Crippen molar-refractivity contribution in [2.75, 3.05) is 6.54 Å². The van der Waals surface area contributed by atoms with Crippen molar-refractivity contribution in [1.82, 2.24) is 15.1 Å². The predicted octanol–water partition coefficient (Wildman–Crippen LogP) is 4.66. The third-order valence-corrected chi connectivity index (χ3v) is 4.54. The lowest BCUT2D eigenvalue weighted by Crippen LogP contribution is -2.26. The van der Waals surface area contributed by atoms with Gasteiger partial charge in [-0.25, -0.2) is 4.39 Å². The van der Waals surface area contributed by atoms with Crippen LogP contribution >= 0.6 is 31.9 Å². The maximum atomic E-state index is 14.4. The highest BCUT2D eigenvalue weighted by Crippen LogP contribution is 2.34. The van der Waals surface area contributed by atoms with Crippen molar-refractivity contribution in [2.45, 2.75) is 32.9 Å². The third-order valence-electron chi connectivity index (χ3n) is 3.24. The van der Waals surface area contributed by atoms with Crippen molar-refractivity contribution in [1.29, 1.82) is 0 Å². The molecule has 1 heterocycles. The molecule has 1 atom stereocenters. The van der Waals surface area contributed by atoms with Crippen molar-refractivity contribution in [3.63, 3.8) is 0 Å². The molecule has 1 unspecified atom stereocenters. The van der Waals surface area contributed by atoms with Crippen molar-refractivity contribution < 1.29 is 4.39 Å². The van der Waals surface area contributed by atoms with Gasteiger partial charge in [0.25, 0.3) is 0 Å². The van der Waals surface area contributed by atoms with Crippen LogP contribution in [-0.2, 0) is 6.54 Å². The zero-order chi connectivity index (χ0) is 15.4. The lowest BCUT2D eigenvalue weighted by atomic mass is 10.0. The molecule has 1 N–H and O–H groups in total. The van der Waals surface area contributed by atoms with E-state index in [-0.39, 0.29) is 11.9 Å². The van der Waals surface area contributed by atoms with Crippen LogP contribution in [0.1, 0.15) is 37.6 Å². The second-order valence-electron chi connectivity index (χ2n) is 4.73. The number of hydrogen-bond donors (Lipinski definition) is 1. The van der Waals surface area contributed by atoms with Gasteiger partial charge in [-0.3, -0.25) is 4.68 Å². The number of benzene rings is 1. The van der Waals surface area contributed by atoms with E-state index in [2.05, 4.69) is 49.2 Å². The maximum Gasteiger partial charge on any atom is 0.129 e. The molecule has 0 radical (unpaired) electrons. The smallest absolute Gasteiger partial charge is 0.129 e. The Bertz CT molecular complexity index is 593. The van der Waals surface area contributed by atoms with Crippen molar-refractivity contribution >= 4 is 31.9 Å². The van der Waals surface area contributed by atoms with Gasteiger partial charge in [-0.1, -0.05) is 35.8 Å². The summed E-state index contributed by atoms with van der Waals surface area (Å²) in [5.41, 5.74) is 1.56. The molecule has 6 heteroatoms. The fraction of sp³-hybridized carbons (Fsp3) is 0.400. The standard InChI is InChI=1S/C15H18Br2FN3/c1-3-8-21-15(11(17)9-20-21)14(19-4-2)13-10(16)6-5-7-12(13)18/h5-7,9,14,19H,3-4,8H2,1-2H3. The molecule has 0 bridgehead atoms. The van der Waals surface area contributed by atoms with E-state index in [1.807, 2.05) is 17.7 Å². The minimum atomic E-state index is -0.256. The molecule has 0 saturated heterocycles. The Labute approximate surface area is 141 Å². The van der Waals surface area contributed by atoms with Gasteiger partial charge < -0.3 is 5.32 Å². The molecule has 0 aliphatic carbocycles. The maximum absolute atomic E-state index is 14.4. The van der Waals surface area contributed by atoms with E-state index in [4.69, 9.17) is 0 Å². The van der Waals surface area contributed by atoms with Crippen LogP contribution in [0.2, 0.25) is 0 Å². The molecule has 0 fully saturated rings. The van der Waals surface area contributed by atoms with Crippen LogP contribution in [0.5, 0.6) is 0 Å². The van der Waals surface area contributed by atoms with Gasteiger partial charge in [-0.15, -0.1) is 0 Å². The first kappa shape index (κ1) is 16.6. The summed E-state index contributed by atoms with van der Waals surface area (Å²) in [6, 6.07) is 4.79. The molecule has 1 aromatic heterocycles. The summed E-state index contributed by atoms with van der Waals surface area (Å²) in [4.78, 5) is 0. The fourth-order valence-electron chi connectivity index (χ4n) is 2.37. The quantitative estimate of drug-likeness (QED) is 0.739. The lowest BCUT2D eigenvalue weighted by molar-refractivity contribution is 0.499. The summed E-state index contributed by atoms with van der Waals surface area (Å²) >= 11 is 7.01. The van der Waals surface area contributed by atoms with Crippen LogP contribution < -0.4 is 5.32 Å². The number of rotatable bonds is 6. The third kappa shape index (κ3) is 3.55. The summed E-state index contributed by atoms with van der Waals surface area (Å²) in [5, 5.41) is 7.75. The molecule has 0 amide bonds. The Balaban J connectivity index is 2.56. The second-order valence-corrected chi connectivity index (χ2v) is 6.44. The molecular weight excluding hydrogens is 401 g/mol. The molecule has 0 aliphatic heterocycles. The van der Waals surface area contributed by atoms with Crippen molar-refractivity contribution in [3.8, 4) is 0 Å². The second kappa shape index (κ2) is 7.51. The molecule has 0 spiro atoms. The van der Waals surface area contributed by atoms with E-state index in [1.54, 1.807) is 12.3 Å². The Hall–Kier alpha value is -0.720. The van der Waals surface area contributed by atoms with E-state index >= 15 is 0 Å². The zero-order valence-corrected chi connectivity index (χ0v) is 15.2. The Morgan fingerprint density at radius 2 is 2.05 bits per heavy atom. The summed E-state index contributed by atoms with van der Waals surface area (Å²) < 4.78 is 17.9. The van der Waals surface area contributed by atoms with E-state index in [9.17, 15) is 4.39 Å². The van der Waals surface area contributed by atoms with Gasteiger partial charge in [0.2, 0.25) is 0 Å². The Morgan fingerprint density at radius 3 is 2.67 bits per heavy atom. The van der Waals surface area contributed by atoms with E-state index in [1.165, 1.54) is 6.07 Å². The van der Waals surface area contributed by atoms with E-state index < -0.39 is 0 Å². The monoisotopic (exact) mass is 417 g/mol. The zero-order valence-electron chi connectivity index (χ0n) is 12.0. The molecule has 0 saturated carbocycles. The highest BCUT2D eigenvalue weighted by Gasteiger charge is 2.25. The first-order valence-corrected chi connectivity index (χ1v) is 8.57. The summed E-state index contributed by atoms with van der Waals surface area (Å²) in [7, 11) is 0. The number of aromatic nitrogens is 2. The first-order valence-electron chi connectivity index (χ1n) is 6.98. The topological polar surface area (TPSA) is 29.9 Å². The number of nitrogens with zero attached hydrogens (tertiary/aromatic N) is 2. The number of halogens is 3. The molecule has 21 heavy (non-hydrogen) atoms. The summed E-state index contributed by atoms with van der Waals surface area (Å²) in [6.07, 6.45) is 2.74. The van der Waals surface area contributed by atoms with Crippen molar-refractivity contribution in [3.05, 3.63) is 50.4 Å². The normalized spacial score (nSPS) is 12.6. The minimum absolute atomic E-state index is 0.230. The van der Waals surface area contributed by atoms with Gasteiger partial charge in [-0.05, 0) is 41.0 Å². The van der Waals surface area contributed by atoms with E-state index in [0.717, 1.165) is 34.1 Å². The van der Waals surface area contributed by atoms with Crippen LogP contribution in [0.3, 0.4) is 0 Å². The lowest BCUT2D eigenvalue weighted by Gasteiger charge is -2.22. The summed E-state index contributed by atoms with van der Waals surface area (Å²) in [5.74, 6) is -0.230. The molecule has 2 aromatic rings. The number of nitrogens with one attached hydrogen (secondary N) is 1. The number of aryl methyl sites for hydroxylation is 1. The van der Waals surface area contributed by atoms with Crippen LogP contribution in [0.25, 0.3) is 0 Å². The van der Waals surface area contributed by atoms with Gasteiger partial charge >= 0.3 is 0 Å². The number of hydrogen-bond acceptors (Lipinski definition) is 2. The van der Waals surface area contributed by atoms with Gasteiger partial charge in [0.1, 0.15) is 5.82 Å². The fourth-order valence-corrected chi connectivity index (χ4v) is 3.47. The van der Waals surface area contributed by atoms with Gasteiger partial charge in [-0.2, -0.15) is 5.10 Å². The van der Waals surface area contributed by atoms with Gasteiger partial charge in [0.15, 0.2) is 0 Å². The van der Waals surface area contributed by atoms with Gasteiger partial charge in [0.05, 0.1) is 22.4 Å². The first-order chi connectivity index (χ1) is 10.1. The molecule has 2 rings (SSSR count). The predicted molar refractivity (Wildman–Crippen MR) is 89.8 cm³/mol. The molecule has 114 valence electrons. The average Bonchev–Trinajstić information content (AvgIpc) is 2.79. The largest absolute Gasteiger partial charge is 0.305 e. The molecule has 3 nitrogen and oxygen atoms in total. The van der Waals surface area contributed by atoms with E-state index in [0.29, 0.717) is 5.56 Å². The Morgan fingerprint density at radius 1 is 1.29 bits per heavy atom. The minimum Gasteiger partial charge on any atom is -0.305 e. The SMILES string of the molecule is CCCn1ncc(Br)c1C(NCC)c1c(F)cccc1Br. The Kier molecular flexibility index (Phi) is 5.96. The van der Waals surface area contributed by atoms with Crippen LogP contribution in [0.4, 0.5) is 4.39 Å². The molecule has 0 aliphatic rings. The van der Waals surface area contributed by atoms with Crippen LogP contribution in [-0.4, -0.2) is 16.3 Å². The summed E-state index contributed by atoms with van der Waals surface area (Å²) in [6.45, 7) is 5.64. The van der Waals surface area contributed by atoms with Crippen LogP contribution in [0.15, 0.2) is 33.3 Å². The highest BCUT2D eigenvalue weighted by atomic mass is 79.9.